The monoisotopic (exact) mass is 481 g/mol. The van der Waals surface area contributed by atoms with Gasteiger partial charge in [-0.05, 0) is 49.3 Å². The molecule has 34 heavy (non-hydrogen) atoms. The Balaban J connectivity index is 1.21. The Kier molecular flexibility index (Phi) is 6.02. The summed E-state index contributed by atoms with van der Waals surface area (Å²) in [5.74, 6) is 1.53. The van der Waals surface area contributed by atoms with Gasteiger partial charge in [-0.2, -0.15) is 10.2 Å². The smallest absolute Gasteiger partial charge is 0.295 e. The van der Waals surface area contributed by atoms with Gasteiger partial charge in [0.15, 0.2) is 12.1 Å². The molecule has 0 amide bonds. The second-order valence-corrected chi connectivity index (χ2v) is 9.62. The van der Waals surface area contributed by atoms with E-state index in [1.54, 1.807) is 22.8 Å². The third-order valence-corrected chi connectivity index (χ3v) is 6.85. The number of hydrogen-bond donors (Lipinski definition) is 0. The Labute approximate surface area is 199 Å². The van der Waals surface area contributed by atoms with Crippen LogP contribution in [0.4, 0.5) is 4.39 Å². The van der Waals surface area contributed by atoms with Crippen molar-refractivity contribution < 1.29 is 13.7 Å². The minimum atomic E-state index is -0.487. The molecule has 4 heterocycles. The first-order valence-corrected chi connectivity index (χ1v) is 12.0. The Morgan fingerprint density at radius 1 is 1.24 bits per heavy atom. The number of aromatic nitrogens is 5. The maximum absolute atomic E-state index is 14.3. The van der Waals surface area contributed by atoms with Crippen molar-refractivity contribution >= 4 is 16.3 Å². The van der Waals surface area contributed by atoms with Crippen LogP contribution in [-0.4, -0.2) is 49.0 Å². The maximum atomic E-state index is 14.3. The molecular weight excluding hydrogens is 457 g/mol. The summed E-state index contributed by atoms with van der Waals surface area (Å²) in [6.45, 7) is 7.83. The summed E-state index contributed by atoms with van der Waals surface area (Å²) in [6.07, 6.45) is 3.36. The highest BCUT2D eigenvalue weighted by molar-refractivity contribution is 7.18. The Morgan fingerprint density at radius 2 is 2.03 bits per heavy atom. The van der Waals surface area contributed by atoms with E-state index in [4.69, 9.17) is 14.5 Å². The van der Waals surface area contributed by atoms with Crippen LogP contribution in [0.25, 0.3) is 16.2 Å². The van der Waals surface area contributed by atoms with E-state index in [1.807, 2.05) is 13.0 Å². The second-order valence-electron chi connectivity index (χ2n) is 8.70. The molecule has 0 spiro atoms. The highest BCUT2D eigenvalue weighted by atomic mass is 32.1. The van der Waals surface area contributed by atoms with Gasteiger partial charge in [0.2, 0.25) is 10.9 Å². The van der Waals surface area contributed by atoms with E-state index in [2.05, 4.69) is 39.0 Å². The highest BCUT2D eigenvalue weighted by Gasteiger charge is 2.29. The topological polar surface area (TPSA) is 105 Å². The summed E-state index contributed by atoms with van der Waals surface area (Å²) in [6, 6.07) is 6.26. The fourth-order valence-corrected chi connectivity index (χ4v) is 4.83. The molecule has 1 atom stereocenters. The lowest BCUT2D eigenvalue weighted by atomic mass is 9.96. The fourth-order valence-electron chi connectivity index (χ4n) is 4.03. The standard InChI is InChI=1S/C23H24FN7O2S/c1-13(2)20-27-21(33-29-20)16-6-8-30(9-7-16)14(3)32-23-28-31-12-19(26-22(31)34-23)17-5-4-15(11-25)10-18(17)24/h4-5,10,12-14,16H,6-9H2,1-3H3/t14-/m1/s1. The molecule has 176 valence electrons. The summed E-state index contributed by atoms with van der Waals surface area (Å²) in [4.78, 5) is 11.9. The third-order valence-electron chi connectivity index (χ3n) is 6.04. The van der Waals surface area contributed by atoms with Crippen molar-refractivity contribution in [2.75, 3.05) is 13.1 Å². The fraction of sp³-hybridized carbons (Fsp3) is 0.435. The average Bonchev–Trinajstić information content (AvgIpc) is 3.54. The summed E-state index contributed by atoms with van der Waals surface area (Å²) in [7, 11) is 0. The molecule has 1 fully saturated rings. The first-order valence-electron chi connectivity index (χ1n) is 11.2. The number of piperidine rings is 1. The first kappa shape index (κ1) is 22.4. The molecule has 0 aliphatic carbocycles. The summed E-state index contributed by atoms with van der Waals surface area (Å²) >= 11 is 1.31. The molecule has 4 aromatic rings. The normalized spacial score (nSPS) is 16.2. The number of halogens is 1. The minimum absolute atomic E-state index is 0.152. The number of ether oxygens (including phenoxy) is 1. The zero-order valence-corrected chi connectivity index (χ0v) is 19.9. The van der Waals surface area contributed by atoms with Gasteiger partial charge in [0, 0.05) is 30.5 Å². The lowest BCUT2D eigenvalue weighted by molar-refractivity contribution is 0.0191. The van der Waals surface area contributed by atoms with Gasteiger partial charge in [-0.3, -0.25) is 4.90 Å². The van der Waals surface area contributed by atoms with E-state index in [-0.39, 0.29) is 23.6 Å². The van der Waals surface area contributed by atoms with Crippen molar-refractivity contribution in [1.82, 2.24) is 29.6 Å². The van der Waals surface area contributed by atoms with E-state index in [0.717, 1.165) is 37.6 Å². The number of fused-ring (bicyclic) bond motifs is 1. The van der Waals surface area contributed by atoms with Crippen LogP contribution in [0, 0.1) is 17.1 Å². The Morgan fingerprint density at radius 3 is 2.68 bits per heavy atom. The van der Waals surface area contributed by atoms with Gasteiger partial charge in [0.1, 0.15) is 5.82 Å². The maximum Gasteiger partial charge on any atom is 0.295 e. The van der Waals surface area contributed by atoms with Crippen LogP contribution in [-0.2, 0) is 0 Å². The lowest BCUT2D eigenvalue weighted by Gasteiger charge is -2.34. The van der Waals surface area contributed by atoms with Gasteiger partial charge in [0.25, 0.3) is 5.19 Å². The second kappa shape index (κ2) is 9.12. The molecular formula is C23H24FN7O2S. The molecule has 1 aromatic carbocycles. The average molecular weight is 482 g/mol. The van der Waals surface area contributed by atoms with Crippen molar-refractivity contribution in [2.24, 2.45) is 0 Å². The van der Waals surface area contributed by atoms with E-state index < -0.39 is 5.82 Å². The molecule has 9 nitrogen and oxygen atoms in total. The first-order chi connectivity index (χ1) is 16.4. The summed E-state index contributed by atoms with van der Waals surface area (Å²) in [5, 5.41) is 18.0. The van der Waals surface area contributed by atoms with Crippen molar-refractivity contribution in [3.8, 4) is 22.5 Å². The zero-order valence-electron chi connectivity index (χ0n) is 19.1. The molecule has 1 saturated heterocycles. The molecule has 0 N–H and O–H groups in total. The van der Waals surface area contributed by atoms with Crippen molar-refractivity contribution in [2.45, 2.75) is 51.7 Å². The number of likely N-dealkylation sites (tertiary alicyclic amines) is 1. The third kappa shape index (κ3) is 4.38. The van der Waals surface area contributed by atoms with Crippen LogP contribution in [0.3, 0.4) is 0 Å². The van der Waals surface area contributed by atoms with E-state index in [0.29, 0.717) is 21.4 Å². The summed E-state index contributed by atoms with van der Waals surface area (Å²) < 4.78 is 27.5. The van der Waals surface area contributed by atoms with Crippen LogP contribution < -0.4 is 4.74 Å². The van der Waals surface area contributed by atoms with Gasteiger partial charge < -0.3 is 9.26 Å². The van der Waals surface area contributed by atoms with Crippen LogP contribution in [0.5, 0.6) is 5.19 Å². The van der Waals surface area contributed by atoms with E-state index in [1.165, 1.54) is 17.4 Å². The molecule has 1 aliphatic rings. The molecule has 11 heteroatoms. The molecule has 0 saturated carbocycles. The van der Waals surface area contributed by atoms with E-state index in [9.17, 15) is 4.39 Å². The van der Waals surface area contributed by atoms with Crippen LogP contribution in [0.2, 0.25) is 0 Å². The van der Waals surface area contributed by atoms with Gasteiger partial charge in [0.05, 0.1) is 23.5 Å². The van der Waals surface area contributed by atoms with Gasteiger partial charge in [-0.25, -0.2) is 13.9 Å². The van der Waals surface area contributed by atoms with Crippen molar-refractivity contribution in [3.05, 3.63) is 47.5 Å². The van der Waals surface area contributed by atoms with Gasteiger partial charge in [-0.15, -0.1) is 5.10 Å². The number of imidazole rings is 1. The largest absolute Gasteiger partial charge is 0.450 e. The predicted molar refractivity (Wildman–Crippen MR) is 123 cm³/mol. The Bertz CT molecular complexity index is 1320. The molecule has 0 bridgehead atoms. The van der Waals surface area contributed by atoms with Gasteiger partial charge >= 0.3 is 0 Å². The van der Waals surface area contributed by atoms with Crippen molar-refractivity contribution in [1.29, 1.82) is 5.26 Å². The Hall–Kier alpha value is -3.36. The number of rotatable bonds is 6. The minimum Gasteiger partial charge on any atom is -0.450 e. The van der Waals surface area contributed by atoms with Crippen LogP contribution in [0.1, 0.15) is 62.7 Å². The number of hydrogen-bond acceptors (Lipinski definition) is 9. The number of benzene rings is 1. The SMILES string of the molecule is CC(C)c1noc(C2CCN([C@@H](C)Oc3nn4cc(-c5ccc(C#N)cc5F)nc4s3)CC2)n1. The highest BCUT2D eigenvalue weighted by Crippen LogP contribution is 2.31. The van der Waals surface area contributed by atoms with Gasteiger partial charge in [-0.1, -0.05) is 19.0 Å². The molecule has 0 unspecified atom stereocenters. The molecule has 5 rings (SSSR count). The van der Waals surface area contributed by atoms with Crippen LogP contribution in [0.15, 0.2) is 28.9 Å². The lowest BCUT2D eigenvalue weighted by Crippen LogP contribution is -2.42. The predicted octanol–water partition coefficient (Wildman–Crippen LogP) is 4.58. The molecule has 1 aliphatic heterocycles. The van der Waals surface area contributed by atoms with Crippen LogP contribution >= 0.6 is 11.3 Å². The zero-order chi connectivity index (χ0) is 23.8. The molecule has 3 aromatic heterocycles. The molecule has 0 radical (unpaired) electrons. The van der Waals surface area contributed by atoms with Crippen molar-refractivity contribution in [3.63, 3.8) is 0 Å². The van der Waals surface area contributed by atoms with E-state index >= 15 is 0 Å². The quantitative estimate of drug-likeness (QED) is 0.394. The number of nitrogens with zero attached hydrogens (tertiary/aromatic N) is 7. The summed E-state index contributed by atoms with van der Waals surface area (Å²) in [5.41, 5.74) is 1.06. The number of nitriles is 1.